The molecule has 0 spiro atoms. The normalized spacial score (nSPS) is 19.4. The summed E-state index contributed by atoms with van der Waals surface area (Å²) in [7, 11) is -3.43. The monoisotopic (exact) mass is 336 g/mol. The molecule has 0 saturated carbocycles. The lowest BCUT2D eigenvalue weighted by Crippen LogP contribution is -2.40. The standard InChI is InChI=1S/C17H24N2O3S/c18-23(21,22)12-13-7-9-19(10-8-13)17(20)16-6-5-14-3-1-2-4-15(14)11-16/h5-6,11,13H,1-4,7-10,12H2,(H2,18,21,22). The molecule has 1 aromatic carbocycles. The van der Waals surface area contributed by atoms with Gasteiger partial charge in [0.05, 0.1) is 5.75 Å². The van der Waals surface area contributed by atoms with Crippen LogP contribution >= 0.6 is 0 Å². The number of piperidine rings is 1. The molecule has 0 bridgehead atoms. The summed E-state index contributed by atoms with van der Waals surface area (Å²) in [6.07, 6.45) is 6.01. The number of amides is 1. The molecule has 1 aliphatic carbocycles. The van der Waals surface area contributed by atoms with Gasteiger partial charge in [0, 0.05) is 18.7 Å². The van der Waals surface area contributed by atoms with E-state index in [1.165, 1.54) is 24.0 Å². The van der Waals surface area contributed by atoms with E-state index in [0.29, 0.717) is 25.9 Å². The van der Waals surface area contributed by atoms with Crippen molar-refractivity contribution in [3.8, 4) is 0 Å². The number of aryl methyl sites for hydroxylation is 2. The molecule has 0 atom stereocenters. The maximum atomic E-state index is 12.7. The number of fused-ring (bicyclic) bond motifs is 1. The van der Waals surface area contributed by atoms with E-state index >= 15 is 0 Å². The van der Waals surface area contributed by atoms with Gasteiger partial charge in [0.25, 0.3) is 5.91 Å². The Labute approximate surface area is 137 Å². The molecule has 23 heavy (non-hydrogen) atoms. The van der Waals surface area contributed by atoms with E-state index in [9.17, 15) is 13.2 Å². The number of rotatable bonds is 3. The summed E-state index contributed by atoms with van der Waals surface area (Å²) >= 11 is 0. The molecule has 1 aromatic rings. The Kier molecular flexibility index (Phi) is 4.73. The summed E-state index contributed by atoms with van der Waals surface area (Å²) in [4.78, 5) is 14.5. The van der Waals surface area contributed by atoms with Crippen molar-refractivity contribution >= 4 is 15.9 Å². The number of carbonyl (C=O) groups is 1. The van der Waals surface area contributed by atoms with Gasteiger partial charge < -0.3 is 4.90 Å². The predicted octanol–water partition coefficient (Wildman–Crippen LogP) is 1.71. The van der Waals surface area contributed by atoms with Gasteiger partial charge in [-0.3, -0.25) is 4.79 Å². The maximum Gasteiger partial charge on any atom is 0.253 e. The van der Waals surface area contributed by atoms with Crippen molar-refractivity contribution in [2.45, 2.75) is 38.5 Å². The van der Waals surface area contributed by atoms with Crippen LogP contribution in [0.25, 0.3) is 0 Å². The summed E-state index contributed by atoms with van der Waals surface area (Å²) in [5.41, 5.74) is 3.45. The average molecular weight is 336 g/mol. The number of nitrogens with zero attached hydrogens (tertiary/aromatic N) is 1. The molecule has 1 aliphatic heterocycles. The van der Waals surface area contributed by atoms with Crippen LogP contribution in [-0.4, -0.2) is 38.1 Å². The summed E-state index contributed by atoms with van der Waals surface area (Å²) in [6, 6.07) is 6.08. The first-order valence-corrected chi connectivity index (χ1v) is 10.1. The Morgan fingerprint density at radius 2 is 1.78 bits per heavy atom. The smallest absolute Gasteiger partial charge is 0.253 e. The summed E-state index contributed by atoms with van der Waals surface area (Å²) in [6.45, 7) is 1.21. The van der Waals surface area contributed by atoms with Crippen LogP contribution in [0.4, 0.5) is 0 Å². The Balaban J connectivity index is 1.63. The SMILES string of the molecule is NS(=O)(=O)CC1CCN(C(=O)c2ccc3c(c2)CCCC3)CC1. The fourth-order valence-corrected chi connectivity index (χ4v) is 4.67. The second kappa shape index (κ2) is 6.61. The fraction of sp³-hybridized carbons (Fsp3) is 0.588. The first kappa shape index (κ1) is 16.5. The van der Waals surface area contributed by atoms with Gasteiger partial charge in [-0.15, -0.1) is 0 Å². The molecule has 1 amide bonds. The van der Waals surface area contributed by atoms with E-state index in [1.807, 2.05) is 17.0 Å². The van der Waals surface area contributed by atoms with E-state index in [0.717, 1.165) is 18.4 Å². The molecule has 1 saturated heterocycles. The van der Waals surface area contributed by atoms with Gasteiger partial charge >= 0.3 is 0 Å². The molecule has 6 heteroatoms. The van der Waals surface area contributed by atoms with E-state index in [1.54, 1.807) is 0 Å². The summed E-state index contributed by atoms with van der Waals surface area (Å²) in [5.74, 6) is 0.151. The zero-order chi connectivity index (χ0) is 16.4. The molecular formula is C17H24N2O3S. The zero-order valence-electron chi connectivity index (χ0n) is 13.3. The molecule has 0 aromatic heterocycles. The lowest BCUT2D eigenvalue weighted by atomic mass is 9.90. The predicted molar refractivity (Wildman–Crippen MR) is 89.7 cm³/mol. The summed E-state index contributed by atoms with van der Waals surface area (Å²) in [5, 5.41) is 5.11. The average Bonchev–Trinajstić information content (AvgIpc) is 2.53. The van der Waals surface area contributed by atoms with Crippen molar-refractivity contribution < 1.29 is 13.2 Å². The molecule has 2 N–H and O–H groups in total. The molecule has 126 valence electrons. The number of hydrogen-bond acceptors (Lipinski definition) is 3. The van der Waals surface area contributed by atoms with E-state index in [4.69, 9.17) is 5.14 Å². The van der Waals surface area contributed by atoms with Gasteiger partial charge in [-0.25, -0.2) is 13.6 Å². The third-order valence-corrected chi connectivity index (χ3v) is 5.90. The maximum absolute atomic E-state index is 12.7. The quantitative estimate of drug-likeness (QED) is 0.912. The largest absolute Gasteiger partial charge is 0.339 e. The highest BCUT2D eigenvalue weighted by atomic mass is 32.2. The molecule has 5 nitrogen and oxygen atoms in total. The van der Waals surface area contributed by atoms with Crippen molar-refractivity contribution in [1.29, 1.82) is 0 Å². The Morgan fingerprint density at radius 1 is 1.13 bits per heavy atom. The van der Waals surface area contributed by atoms with Crippen LogP contribution in [-0.2, 0) is 22.9 Å². The van der Waals surface area contributed by atoms with E-state index in [-0.39, 0.29) is 17.6 Å². The highest BCUT2D eigenvalue weighted by Gasteiger charge is 2.26. The van der Waals surface area contributed by atoms with Crippen LogP contribution < -0.4 is 5.14 Å². The third kappa shape index (κ3) is 4.12. The molecule has 0 unspecified atom stereocenters. The highest BCUT2D eigenvalue weighted by molar-refractivity contribution is 7.89. The molecular weight excluding hydrogens is 312 g/mol. The molecule has 1 fully saturated rings. The van der Waals surface area contributed by atoms with E-state index < -0.39 is 10.0 Å². The van der Waals surface area contributed by atoms with Crippen molar-refractivity contribution in [3.05, 3.63) is 34.9 Å². The van der Waals surface area contributed by atoms with Crippen LogP contribution in [0.5, 0.6) is 0 Å². The van der Waals surface area contributed by atoms with Crippen molar-refractivity contribution in [1.82, 2.24) is 4.90 Å². The minimum absolute atomic E-state index is 0.0217. The molecule has 2 aliphatic rings. The highest BCUT2D eigenvalue weighted by Crippen LogP contribution is 2.24. The van der Waals surface area contributed by atoms with E-state index in [2.05, 4.69) is 6.07 Å². The molecule has 3 rings (SSSR count). The number of carbonyl (C=O) groups excluding carboxylic acids is 1. The minimum atomic E-state index is -3.43. The van der Waals surface area contributed by atoms with Gasteiger partial charge in [-0.05, 0) is 67.7 Å². The number of primary sulfonamides is 1. The number of nitrogens with two attached hydrogens (primary N) is 1. The first-order valence-electron chi connectivity index (χ1n) is 8.34. The first-order chi connectivity index (χ1) is 10.9. The van der Waals surface area contributed by atoms with Gasteiger partial charge in [0.15, 0.2) is 0 Å². The Morgan fingerprint density at radius 3 is 2.43 bits per heavy atom. The van der Waals surface area contributed by atoms with Crippen LogP contribution in [0.15, 0.2) is 18.2 Å². The van der Waals surface area contributed by atoms with Crippen LogP contribution in [0.2, 0.25) is 0 Å². The topological polar surface area (TPSA) is 80.5 Å². The lowest BCUT2D eigenvalue weighted by molar-refractivity contribution is 0.0698. The summed E-state index contributed by atoms with van der Waals surface area (Å²) < 4.78 is 22.3. The van der Waals surface area contributed by atoms with Crippen molar-refractivity contribution in [2.24, 2.45) is 11.1 Å². The van der Waals surface area contributed by atoms with Crippen molar-refractivity contribution in [2.75, 3.05) is 18.8 Å². The van der Waals surface area contributed by atoms with Crippen LogP contribution in [0, 0.1) is 5.92 Å². The zero-order valence-corrected chi connectivity index (χ0v) is 14.1. The van der Waals surface area contributed by atoms with Gasteiger partial charge in [0.1, 0.15) is 0 Å². The molecule has 0 radical (unpaired) electrons. The second-order valence-electron chi connectivity index (χ2n) is 6.76. The fourth-order valence-electron chi connectivity index (χ4n) is 3.68. The van der Waals surface area contributed by atoms with Gasteiger partial charge in [0.2, 0.25) is 10.0 Å². The van der Waals surface area contributed by atoms with Gasteiger partial charge in [-0.1, -0.05) is 6.07 Å². The number of benzene rings is 1. The van der Waals surface area contributed by atoms with Crippen LogP contribution in [0.3, 0.4) is 0 Å². The second-order valence-corrected chi connectivity index (χ2v) is 8.41. The molecule has 1 heterocycles. The number of hydrogen-bond donors (Lipinski definition) is 1. The van der Waals surface area contributed by atoms with Crippen LogP contribution in [0.1, 0.15) is 47.2 Å². The lowest BCUT2D eigenvalue weighted by Gasteiger charge is -2.32. The van der Waals surface area contributed by atoms with Gasteiger partial charge in [-0.2, -0.15) is 0 Å². The third-order valence-electron chi connectivity index (χ3n) is 4.97. The minimum Gasteiger partial charge on any atom is -0.339 e. The number of likely N-dealkylation sites (tertiary alicyclic amines) is 1. The number of sulfonamides is 1. The van der Waals surface area contributed by atoms with Crippen molar-refractivity contribution in [3.63, 3.8) is 0 Å². The Hall–Kier alpha value is -1.40. The Bertz CT molecular complexity index is 692.